The number of carbonyl (C=O) groups excluding carboxylic acids is 1. The number of nitrogens with zero attached hydrogens (tertiary/aromatic N) is 3. The van der Waals surface area contributed by atoms with E-state index in [1.807, 2.05) is 24.5 Å². The molecule has 1 aliphatic heterocycles. The van der Waals surface area contributed by atoms with Gasteiger partial charge in [-0.3, -0.25) is 19.7 Å². The van der Waals surface area contributed by atoms with Gasteiger partial charge in [-0.2, -0.15) is 0 Å². The number of carbonyl (C=O) groups is 1. The smallest absolute Gasteiger partial charge is 0.217 e. The summed E-state index contributed by atoms with van der Waals surface area (Å²) in [5, 5.41) is 0. The van der Waals surface area contributed by atoms with Crippen molar-refractivity contribution in [1.29, 1.82) is 0 Å². The van der Waals surface area contributed by atoms with Gasteiger partial charge in [-0.05, 0) is 62.2 Å². The number of hydrogen-bond acceptors (Lipinski definition) is 4. The molecule has 3 heterocycles. The molecule has 24 heavy (non-hydrogen) atoms. The molecule has 1 amide bonds. The van der Waals surface area contributed by atoms with Crippen LogP contribution in [0.2, 0.25) is 0 Å². The number of rotatable bonds is 6. The molecule has 126 valence electrons. The molecule has 1 saturated heterocycles. The molecular formula is C19H24N4O. The predicted molar refractivity (Wildman–Crippen MR) is 93.2 cm³/mol. The molecular weight excluding hydrogens is 300 g/mol. The van der Waals surface area contributed by atoms with E-state index in [9.17, 15) is 4.79 Å². The second-order valence-electron chi connectivity index (χ2n) is 6.43. The van der Waals surface area contributed by atoms with Crippen LogP contribution in [0.25, 0.3) is 0 Å². The van der Waals surface area contributed by atoms with Gasteiger partial charge in [0, 0.05) is 42.7 Å². The highest BCUT2D eigenvalue weighted by Gasteiger charge is 2.21. The maximum Gasteiger partial charge on any atom is 0.217 e. The maximum absolute atomic E-state index is 10.9. The molecule has 0 radical (unpaired) electrons. The average Bonchev–Trinajstić information content (AvgIpc) is 2.62. The van der Waals surface area contributed by atoms with Crippen LogP contribution < -0.4 is 5.73 Å². The van der Waals surface area contributed by atoms with Crippen molar-refractivity contribution in [3.8, 4) is 0 Å². The van der Waals surface area contributed by atoms with Gasteiger partial charge in [0.25, 0.3) is 0 Å². The molecule has 1 fully saturated rings. The number of likely N-dealkylation sites (tertiary alicyclic amines) is 1. The number of nitrogens with two attached hydrogens (primary N) is 1. The molecule has 2 aromatic heterocycles. The Balaban J connectivity index is 1.54. The Morgan fingerprint density at radius 2 is 1.92 bits per heavy atom. The predicted octanol–water partition coefficient (Wildman–Crippen LogP) is 2.27. The van der Waals surface area contributed by atoms with E-state index in [0.29, 0.717) is 18.8 Å². The largest absolute Gasteiger partial charge is 0.370 e. The lowest BCUT2D eigenvalue weighted by Crippen LogP contribution is -2.32. The molecule has 2 N–H and O–H groups in total. The van der Waals surface area contributed by atoms with E-state index < -0.39 is 0 Å². The number of piperidine rings is 1. The highest BCUT2D eigenvalue weighted by atomic mass is 16.1. The fourth-order valence-corrected chi connectivity index (χ4v) is 3.25. The molecule has 0 aliphatic carbocycles. The number of primary amides is 1. The first-order valence-corrected chi connectivity index (χ1v) is 8.56. The quantitative estimate of drug-likeness (QED) is 0.885. The van der Waals surface area contributed by atoms with Gasteiger partial charge in [0.15, 0.2) is 0 Å². The Hall–Kier alpha value is -2.27. The minimum Gasteiger partial charge on any atom is -0.370 e. The number of aromatic nitrogens is 2. The zero-order valence-corrected chi connectivity index (χ0v) is 13.9. The number of amides is 1. The summed E-state index contributed by atoms with van der Waals surface area (Å²) >= 11 is 0. The van der Waals surface area contributed by atoms with Crippen LogP contribution in [-0.2, 0) is 17.8 Å². The summed E-state index contributed by atoms with van der Waals surface area (Å²) in [4.78, 5) is 22.2. The van der Waals surface area contributed by atoms with Gasteiger partial charge in [-0.15, -0.1) is 0 Å². The Labute approximate surface area is 142 Å². The molecule has 3 rings (SSSR count). The van der Waals surface area contributed by atoms with Crippen LogP contribution in [0.4, 0.5) is 0 Å². The summed E-state index contributed by atoms with van der Waals surface area (Å²) < 4.78 is 0. The van der Waals surface area contributed by atoms with E-state index in [2.05, 4.69) is 28.1 Å². The lowest BCUT2D eigenvalue weighted by Gasteiger charge is -2.31. The average molecular weight is 324 g/mol. The third-order valence-corrected chi connectivity index (χ3v) is 4.62. The van der Waals surface area contributed by atoms with Crippen molar-refractivity contribution in [3.05, 3.63) is 59.7 Å². The number of aryl methyl sites for hydroxylation is 1. The number of pyridine rings is 2. The van der Waals surface area contributed by atoms with Crippen molar-refractivity contribution in [2.24, 2.45) is 5.73 Å². The van der Waals surface area contributed by atoms with Crippen LogP contribution in [0, 0.1) is 0 Å². The van der Waals surface area contributed by atoms with Crippen LogP contribution in [0.5, 0.6) is 0 Å². The summed E-state index contributed by atoms with van der Waals surface area (Å²) in [6.07, 6.45) is 6.94. The zero-order valence-electron chi connectivity index (χ0n) is 13.9. The minimum absolute atomic E-state index is 0.272. The molecule has 0 aromatic carbocycles. The van der Waals surface area contributed by atoms with Crippen LogP contribution in [0.15, 0.2) is 42.7 Å². The van der Waals surface area contributed by atoms with Crippen molar-refractivity contribution in [1.82, 2.24) is 14.9 Å². The van der Waals surface area contributed by atoms with E-state index >= 15 is 0 Å². The topological polar surface area (TPSA) is 72.1 Å². The Morgan fingerprint density at radius 3 is 2.62 bits per heavy atom. The third kappa shape index (κ3) is 4.61. The molecule has 0 saturated carbocycles. The Bertz CT molecular complexity index is 666. The van der Waals surface area contributed by atoms with E-state index in [4.69, 9.17) is 10.7 Å². The first-order chi connectivity index (χ1) is 11.7. The molecule has 1 aliphatic rings. The fraction of sp³-hybridized carbons (Fsp3) is 0.421. The lowest BCUT2D eigenvalue weighted by molar-refractivity contribution is -0.118. The van der Waals surface area contributed by atoms with Gasteiger partial charge in [0.2, 0.25) is 5.91 Å². The molecule has 2 aromatic rings. The summed E-state index contributed by atoms with van der Waals surface area (Å²) in [5.74, 6) is 0.235. The first kappa shape index (κ1) is 16.6. The van der Waals surface area contributed by atoms with Gasteiger partial charge in [0.05, 0.1) is 0 Å². The third-order valence-electron chi connectivity index (χ3n) is 4.62. The van der Waals surface area contributed by atoms with Crippen molar-refractivity contribution >= 4 is 5.91 Å². The highest BCUT2D eigenvalue weighted by molar-refractivity contribution is 5.73. The van der Waals surface area contributed by atoms with Gasteiger partial charge < -0.3 is 5.73 Å². The fourth-order valence-electron chi connectivity index (χ4n) is 3.25. The normalized spacial score (nSPS) is 16.2. The van der Waals surface area contributed by atoms with Gasteiger partial charge in [-0.25, -0.2) is 0 Å². The second kappa shape index (κ2) is 8.02. The zero-order chi connectivity index (χ0) is 16.8. The minimum atomic E-state index is -0.272. The first-order valence-electron chi connectivity index (χ1n) is 8.56. The lowest BCUT2D eigenvalue weighted by atomic mass is 9.92. The van der Waals surface area contributed by atoms with E-state index in [0.717, 1.165) is 43.9 Å². The molecule has 0 unspecified atom stereocenters. The van der Waals surface area contributed by atoms with Crippen LogP contribution >= 0.6 is 0 Å². The van der Waals surface area contributed by atoms with E-state index in [1.165, 1.54) is 5.56 Å². The molecule has 0 bridgehead atoms. The van der Waals surface area contributed by atoms with Crippen molar-refractivity contribution in [3.63, 3.8) is 0 Å². The van der Waals surface area contributed by atoms with Gasteiger partial charge in [0.1, 0.15) is 0 Å². The van der Waals surface area contributed by atoms with E-state index in [-0.39, 0.29) is 5.91 Å². The Morgan fingerprint density at radius 1 is 1.17 bits per heavy atom. The van der Waals surface area contributed by atoms with Crippen molar-refractivity contribution in [2.75, 3.05) is 13.1 Å². The highest BCUT2D eigenvalue weighted by Crippen LogP contribution is 2.27. The number of hydrogen-bond donors (Lipinski definition) is 1. The van der Waals surface area contributed by atoms with E-state index in [1.54, 1.807) is 0 Å². The molecule has 5 heteroatoms. The SMILES string of the molecule is NC(=O)CCc1cccc(C2CCN(Cc3ccncc3)CC2)n1. The Kier molecular flexibility index (Phi) is 5.54. The summed E-state index contributed by atoms with van der Waals surface area (Å²) in [6, 6.07) is 10.3. The van der Waals surface area contributed by atoms with Crippen molar-refractivity contribution in [2.45, 2.75) is 38.1 Å². The maximum atomic E-state index is 10.9. The second-order valence-corrected chi connectivity index (χ2v) is 6.43. The van der Waals surface area contributed by atoms with Gasteiger partial charge in [-0.1, -0.05) is 6.07 Å². The van der Waals surface area contributed by atoms with Crippen LogP contribution in [0.1, 0.15) is 42.1 Å². The molecule has 0 spiro atoms. The molecule has 5 nitrogen and oxygen atoms in total. The monoisotopic (exact) mass is 324 g/mol. The van der Waals surface area contributed by atoms with Gasteiger partial charge >= 0.3 is 0 Å². The standard InChI is InChI=1S/C19H24N4O/c20-19(24)5-4-17-2-1-3-18(22-17)16-8-12-23(13-9-16)14-15-6-10-21-11-7-15/h1-3,6-7,10-11,16H,4-5,8-9,12-14H2,(H2,20,24). The summed E-state index contributed by atoms with van der Waals surface area (Å²) in [5.41, 5.74) is 8.66. The summed E-state index contributed by atoms with van der Waals surface area (Å²) in [7, 11) is 0. The summed E-state index contributed by atoms with van der Waals surface area (Å²) in [6.45, 7) is 3.15. The van der Waals surface area contributed by atoms with Crippen molar-refractivity contribution < 1.29 is 4.79 Å². The van der Waals surface area contributed by atoms with Crippen LogP contribution in [0.3, 0.4) is 0 Å². The van der Waals surface area contributed by atoms with Crippen LogP contribution in [-0.4, -0.2) is 33.9 Å². The molecule has 0 atom stereocenters.